The Balaban J connectivity index is 2.04. The van der Waals surface area contributed by atoms with Gasteiger partial charge in [0.15, 0.2) is 4.34 Å². The summed E-state index contributed by atoms with van der Waals surface area (Å²) in [5.41, 5.74) is 1.40. The van der Waals surface area contributed by atoms with Gasteiger partial charge in [0.05, 0.1) is 11.4 Å². The Labute approximate surface area is 129 Å². The number of aromatic carboxylic acids is 1. The van der Waals surface area contributed by atoms with Crippen LogP contribution in [0, 0.1) is 13.8 Å². The van der Waals surface area contributed by atoms with E-state index in [1.165, 1.54) is 11.8 Å². The van der Waals surface area contributed by atoms with E-state index in [1.807, 2.05) is 31.2 Å². The van der Waals surface area contributed by atoms with Crippen molar-refractivity contribution < 1.29 is 9.90 Å². The number of fused-ring (bicyclic) bond motifs is 1. The van der Waals surface area contributed by atoms with Crippen LogP contribution in [0.3, 0.4) is 0 Å². The number of carbonyl (C=O) groups is 1. The number of nitrogens with zero attached hydrogens (tertiary/aromatic N) is 3. The molecule has 3 rings (SSSR count). The molecule has 0 unspecified atom stereocenters. The van der Waals surface area contributed by atoms with Crippen molar-refractivity contribution in [1.82, 2.24) is 15.2 Å². The Bertz CT molecular complexity index is 845. The summed E-state index contributed by atoms with van der Waals surface area (Å²) in [7, 11) is 0. The van der Waals surface area contributed by atoms with E-state index in [4.69, 9.17) is 5.11 Å². The maximum absolute atomic E-state index is 11.1. The second kappa shape index (κ2) is 5.42. The van der Waals surface area contributed by atoms with E-state index in [-0.39, 0.29) is 4.88 Å². The first-order valence-electron chi connectivity index (χ1n) is 6.17. The molecule has 0 amide bonds. The number of aryl methyl sites for hydroxylation is 2. The number of carboxylic acids is 1. The Morgan fingerprint density at radius 1 is 1.14 bits per heavy atom. The number of thiazole rings is 1. The quantitative estimate of drug-likeness (QED) is 0.796. The fourth-order valence-corrected chi connectivity index (χ4v) is 3.99. The zero-order valence-electron chi connectivity index (χ0n) is 11.3. The van der Waals surface area contributed by atoms with Crippen molar-refractivity contribution >= 4 is 39.8 Å². The fraction of sp³-hybridized carbons (Fsp3) is 0.143. The topological polar surface area (TPSA) is 76.0 Å². The summed E-state index contributed by atoms with van der Waals surface area (Å²) in [5.74, 6) is -0.948. The van der Waals surface area contributed by atoms with Crippen molar-refractivity contribution in [3.8, 4) is 0 Å². The molecule has 2 heterocycles. The van der Waals surface area contributed by atoms with E-state index in [0.29, 0.717) is 10.0 Å². The van der Waals surface area contributed by atoms with Crippen LogP contribution >= 0.6 is 23.1 Å². The predicted molar refractivity (Wildman–Crippen MR) is 82.2 cm³/mol. The van der Waals surface area contributed by atoms with Crippen LogP contribution in [0.5, 0.6) is 0 Å². The van der Waals surface area contributed by atoms with Gasteiger partial charge < -0.3 is 5.11 Å². The number of hydrogen-bond donors (Lipinski definition) is 1. The SMILES string of the molecule is Cc1nc(Sc2nnc(C)c3ccccc23)sc1C(=O)O. The molecule has 0 atom stereocenters. The lowest BCUT2D eigenvalue weighted by Crippen LogP contribution is -1.94. The van der Waals surface area contributed by atoms with Gasteiger partial charge in [-0.1, -0.05) is 35.6 Å². The molecule has 0 saturated carbocycles. The Morgan fingerprint density at radius 3 is 2.52 bits per heavy atom. The van der Waals surface area contributed by atoms with Crippen LogP contribution in [-0.2, 0) is 0 Å². The largest absolute Gasteiger partial charge is 0.477 e. The first-order chi connectivity index (χ1) is 10.1. The molecule has 0 aliphatic rings. The van der Waals surface area contributed by atoms with E-state index in [2.05, 4.69) is 15.2 Å². The monoisotopic (exact) mass is 317 g/mol. The van der Waals surface area contributed by atoms with Crippen LogP contribution in [0.1, 0.15) is 21.1 Å². The molecular formula is C14H11N3O2S2. The van der Waals surface area contributed by atoms with E-state index in [0.717, 1.165) is 32.8 Å². The summed E-state index contributed by atoms with van der Waals surface area (Å²) < 4.78 is 0.660. The van der Waals surface area contributed by atoms with Crippen molar-refractivity contribution in [1.29, 1.82) is 0 Å². The number of benzene rings is 1. The first-order valence-corrected chi connectivity index (χ1v) is 7.80. The van der Waals surface area contributed by atoms with Gasteiger partial charge in [0, 0.05) is 10.8 Å². The minimum atomic E-state index is -0.948. The molecule has 0 aliphatic heterocycles. The third-order valence-corrected chi connectivity index (χ3v) is 5.19. The third kappa shape index (κ3) is 2.62. The Hall–Kier alpha value is -1.99. The second-order valence-corrected chi connectivity index (χ2v) is 6.67. The van der Waals surface area contributed by atoms with E-state index >= 15 is 0 Å². The van der Waals surface area contributed by atoms with Crippen molar-refractivity contribution in [3.05, 3.63) is 40.5 Å². The molecule has 1 aromatic carbocycles. The predicted octanol–water partition coefficient (Wildman–Crippen LogP) is 3.55. The number of rotatable bonds is 3. The van der Waals surface area contributed by atoms with Gasteiger partial charge in [-0.2, -0.15) is 5.10 Å². The van der Waals surface area contributed by atoms with Gasteiger partial charge in [0.25, 0.3) is 0 Å². The maximum atomic E-state index is 11.1. The fourth-order valence-electron chi connectivity index (χ4n) is 1.99. The van der Waals surface area contributed by atoms with Gasteiger partial charge in [-0.25, -0.2) is 9.78 Å². The lowest BCUT2D eigenvalue weighted by molar-refractivity contribution is 0.0701. The van der Waals surface area contributed by atoms with Crippen LogP contribution in [-0.4, -0.2) is 26.3 Å². The summed E-state index contributed by atoms with van der Waals surface area (Å²) in [5, 5.41) is 20.2. The highest BCUT2D eigenvalue weighted by molar-refractivity contribution is 8.01. The lowest BCUT2D eigenvalue weighted by Gasteiger charge is -2.04. The molecule has 5 nitrogen and oxygen atoms in total. The molecule has 21 heavy (non-hydrogen) atoms. The van der Waals surface area contributed by atoms with Gasteiger partial charge in [-0.05, 0) is 25.6 Å². The number of aromatic nitrogens is 3. The molecule has 0 fully saturated rings. The summed E-state index contributed by atoms with van der Waals surface area (Å²) in [4.78, 5) is 15.6. The van der Waals surface area contributed by atoms with Crippen molar-refractivity contribution in [3.63, 3.8) is 0 Å². The smallest absolute Gasteiger partial charge is 0.347 e. The molecule has 3 aromatic rings. The summed E-state index contributed by atoms with van der Waals surface area (Å²) in [6, 6.07) is 7.89. The van der Waals surface area contributed by atoms with Gasteiger partial charge in [-0.15, -0.1) is 5.10 Å². The first kappa shape index (κ1) is 14.0. The molecule has 0 radical (unpaired) electrons. The molecular weight excluding hydrogens is 306 g/mol. The highest BCUT2D eigenvalue weighted by Gasteiger charge is 2.16. The van der Waals surface area contributed by atoms with Crippen LogP contribution in [0.15, 0.2) is 33.6 Å². The van der Waals surface area contributed by atoms with Crippen molar-refractivity contribution in [2.24, 2.45) is 0 Å². The minimum Gasteiger partial charge on any atom is -0.477 e. The summed E-state index contributed by atoms with van der Waals surface area (Å²) >= 11 is 2.51. The van der Waals surface area contributed by atoms with Crippen molar-refractivity contribution in [2.45, 2.75) is 23.2 Å². The zero-order chi connectivity index (χ0) is 15.0. The van der Waals surface area contributed by atoms with Gasteiger partial charge >= 0.3 is 5.97 Å². The minimum absolute atomic E-state index is 0.266. The summed E-state index contributed by atoms with van der Waals surface area (Å²) in [6.07, 6.45) is 0. The molecule has 7 heteroatoms. The van der Waals surface area contributed by atoms with Gasteiger partial charge in [0.2, 0.25) is 0 Å². The Kier molecular flexibility index (Phi) is 3.60. The standard InChI is InChI=1S/C14H11N3O2S2/c1-7-9-5-3-4-6-10(9)12(17-16-7)21-14-15-8(2)11(20-14)13(18)19/h3-6H,1-2H3,(H,18,19). The van der Waals surface area contributed by atoms with Crippen molar-refractivity contribution in [2.75, 3.05) is 0 Å². The number of carboxylic acid groups (broad SMARTS) is 1. The molecule has 1 N–H and O–H groups in total. The van der Waals surface area contributed by atoms with Crippen LogP contribution in [0.4, 0.5) is 0 Å². The molecule has 0 bridgehead atoms. The van der Waals surface area contributed by atoms with Crippen LogP contribution in [0.2, 0.25) is 0 Å². The molecule has 0 spiro atoms. The maximum Gasteiger partial charge on any atom is 0.347 e. The average Bonchev–Trinajstić information content (AvgIpc) is 2.83. The third-order valence-electron chi connectivity index (χ3n) is 2.99. The lowest BCUT2D eigenvalue weighted by atomic mass is 10.1. The Morgan fingerprint density at radius 2 is 1.86 bits per heavy atom. The molecule has 0 saturated heterocycles. The highest BCUT2D eigenvalue weighted by atomic mass is 32.2. The molecule has 106 valence electrons. The van der Waals surface area contributed by atoms with E-state index in [9.17, 15) is 4.79 Å². The highest BCUT2D eigenvalue weighted by Crippen LogP contribution is 2.35. The average molecular weight is 317 g/mol. The van der Waals surface area contributed by atoms with E-state index < -0.39 is 5.97 Å². The van der Waals surface area contributed by atoms with Gasteiger partial charge in [-0.3, -0.25) is 0 Å². The number of hydrogen-bond acceptors (Lipinski definition) is 6. The summed E-state index contributed by atoms with van der Waals surface area (Å²) in [6.45, 7) is 3.61. The van der Waals surface area contributed by atoms with Crippen LogP contribution < -0.4 is 0 Å². The molecule has 0 aliphatic carbocycles. The van der Waals surface area contributed by atoms with E-state index in [1.54, 1.807) is 6.92 Å². The van der Waals surface area contributed by atoms with Crippen LogP contribution in [0.25, 0.3) is 10.8 Å². The zero-order valence-corrected chi connectivity index (χ0v) is 13.0. The van der Waals surface area contributed by atoms with Gasteiger partial charge in [0.1, 0.15) is 9.90 Å². The molecule has 2 aromatic heterocycles. The second-order valence-electron chi connectivity index (χ2n) is 4.44. The normalized spacial score (nSPS) is 11.0.